The highest BCUT2D eigenvalue weighted by Gasteiger charge is 2.27. The lowest BCUT2D eigenvalue weighted by Crippen LogP contribution is -2.43. The van der Waals surface area contributed by atoms with Crippen molar-refractivity contribution in [2.24, 2.45) is 5.92 Å². The van der Waals surface area contributed by atoms with Crippen LogP contribution in [0.25, 0.3) is 0 Å². The fourth-order valence-corrected chi connectivity index (χ4v) is 3.39. The Hall–Kier alpha value is -2.83. The first kappa shape index (κ1) is 26.4. The smallest absolute Gasteiger partial charge is 0.315 e. The van der Waals surface area contributed by atoms with E-state index in [1.54, 1.807) is 4.90 Å². The molecule has 7 heteroatoms. The zero-order valence-corrected chi connectivity index (χ0v) is 22.0. The van der Waals surface area contributed by atoms with Crippen LogP contribution in [0.4, 0.5) is 16.3 Å². The van der Waals surface area contributed by atoms with Crippen molar-refractivity contribution in [1.82, 2.24) is 14.7 Å². The summed E-state index contributed by atoms with van der Waals surface area (Å²) >= 11 is 0. The molecule has 1 heterocycles. The normalized spacial score (nSPS) is 12.1. The van der Waals surface area contributed by atoms with Crippen molar-refractivity contribution in [1.29, 1.82) is 0 Å². The fraction of sp³-hybridized carbons (Fsp3) is 0.577. The number of aromatic nitrogens is 2. The summed E-state index contributed by atoms with van der Waals surface area (Å²) in [5.41, 5.74) is 3.44. The van der Waals surface area contributed by atoms with Crippen LogP contribution < -0.4 is 10.6 Å². The van der Waals surface area contributed by atoms with Gasteiger partial charge in [0, 0.05) is 23.7 Å². The summed E-state index contributed by atoms with van der Waals surface area (Å²) < 4.78 is 1.84. The molecule has 1 aromatic heterocycles. The van der Waals surface area contributed by atoms with Gasteiger partial charge in [0.1, 0.15) is 12.4 Å². The molecule has 0 saturated heterocycles. The van der Waals surface area contributed by atoms with E-state index in [-0.39, 0.29) is 35.4 Å². The quantitative estimate of drug-likeness (QED) is 0.588. The number of carbonyl (C=O) groups is 2. The van der Waals surface area contributed by atoms with Crippen molar-refractivity contribution in [2.75, 3.05) is 23.7 Å². The molecule has 0 unspecified atom stereocenters. The van der Waals surface area contributed by atoms with Crippen molar-refractivity contribution in [3.05, 3.63) is 41.1 Å². The number of benzene rings is 1. The molecule has 0 spiro atoms. The monoisotopic (exact) mass is 455 g/mol. The molecule has 1 aromatic carbocycles. The van der Waals surface area contributed by atoms with E-state index in [4.69, 9.17) is 5.10 Å². The topological polar surface area (TPSA) is 79.3 Å². The molecule has 7 nitrogen and oxygen atoms in total. The SMILES string of the molecule is Cc1ccc(NC(=O)N(CC(=O)Nc2cc(C(C)(C)C)nn2C(C)(C)C)CC(C)C)cc1C. The number of hydrogen-bond acceptors (Lipinski definition) is 3. The predicted octanol–water partition coefficient (Wildman–Crippen LogP) is 5.68. The molecule has 33 heavy (non-hydrogen) atoms. The minimum atomic E-state index is -0.301. The van der Waals surface area contributed by atoms with Crippen LogP contribution in [-0.2, 0) is 15.7 Å². The van der Waals surface area contributed by atoms with Gasteiger partial charge in [-0.1, -0.05) is 40.7 Å². The summed E-state index contributed by atoms with van der Waals surface area (Å²) in [4.78, 5) is 27.6. The van der Waals surface area contributed by atoms with E-state index in [0.717, 1.165) is 22.5 Å². The molecule has 0 aliphatic rings. The minimum absolute atomic E-state index is 0.0466. The number of anilines is 2. The largest absolute Gasteiger partial charge is 0.322 e. The highest BCUT2D eigenvalue weighted by molar-refractivity contribution is 5.96. The third kappa shape index (κ3) is 7.34. The third-order valence-electron chi connectivity index (χ3n) is 5.35. The van der Waals surface area contributed by atoms with Gasteiger partial charge in [-0.3, -0.25) is 4.79 Å². The predicted molar refractivity (Wildman–Crippen MR) is 136 cm³/mol. The molecule has 2 rings (SSSR count). The average Bonchev–Trinajstić information content (AvgIpc) is 3.08. The summed E-state index contributed by atoms with van der Waals surface area (Å²) in [6, 6.07) is 7.43. The second kappa shape index (κ2) is 9.98. The van der Waals surface area contributed by atoms with Crippen molar-refractivity contribution in [3.63, 3.8) is 0 Å². The highest BCUT2D eigenvalue weighted by atomic mass is 16.2. The highest BCUT2D eigenvalue weighted by Crippen LogP contribution is 2.28. The van der Waals surface area contributed by atoms with Crippen LogP contribution in [0.5, 0.6) is 0 Å². The molecule has 0 radical (unpaired) electrons. The van der Waals surface area contributed by atoms with Gasteiger partial charge in [0.15, 0.2) is 0 Å². The van der Waals surface area contributed by atoms with Gasteiger partial charge in [-0.25, -0.2) is 9.48 Å². The first-order valence-corrected chi connectivity index (χ1v) is 11.6. The number of amides is 3. The lowest BCUT2D eigenvalue weighted by molar-refractivity contribution is -0.116. The maximum atomic E-state index is 13.0. The first-order chi connectivity index (χ1) is 15.1. The van der Waals surface area contributed by atoms with E-state index >= 15 is 0 Å². The van der Waals surface area contributed by atoms with Gasteiger partial charge in [-0.05, 0) is 63.8 Å². The number of carbonyl (C=O) groups excluding carboxylic acids is 2. The molecule has 0 bridgehead atoms. The number of hydrogen-bond donors (Lipinski definition) is 2. The molecule has 2 aromatic rings. The molecule has 3 amide bonds. The molecule has 0 saturated carbocycles. The first-order valence-electron chi connectivity index (χ1n) is 11.6. The second-order valence-corrected chi connectivity index (χ2v) is 11.3. The fourth-order valence-electron chi connectivity index (χ4n) is 3.39. The van der Waals surface area contributed by atoms with Crippen LogP contribution in [0, 0.1) is 19.8 Å². The molecular formula is C26H41N5O2. The number of aryl methyl sites for hydroxylation is 2. The standard InChI is InChI=1S/C26H41N5O2/c1-17(2)15-30(24(33)27-20-12-11-18(3)19(4)13-20)16-23(32)28-22-14-21(25(5,6)7)29-31(22)26(8,9)10/h11-14,17H,15-16H2,1-10H3,(H,27,33)(H,28,32). The zero-order valence-electron chi connectivity index (χ0n) is 22.0. The van der Waals surface area contributed by atoms with Crippen LogP contribution in [0.1, 0.15) is 72.2 Å². The Morgan fingerprint density at radius 3 is 2.15 bits per heavy atom. The maximum Gasteiger partial charge on any atom is 0.322 e. The van der Waals surface area contributed by atoms with Gasteiger partial charge in [0.2, 0.25) is 5.91 Å². The molecule has 0 fully saturated rings. The van der Waals surface area contributed by atoms with Gasteiger partial charge in [0.05, 0.1) is 11.2 Å². The van der Waals surface area contributed by atoms with Gasteiger partial charge < -0.3 is 15.5 Å². The summed E-state index contributed by atoms with van der Waals surface area (Å²) in [6.07, 6.45) is 0. The van der Waals surface area contributed by atoms with Crippen molar-refractivity contribution >= 4 is 23.4 Å². The van der Waals surface area contributed by atoms with Gasteiger partial charge >= 0.3 is 6.03 Å². The zero-order chi connectivity index (χ0) is 25.1. The number of nitrogens with one attached hydrogen (secondary N) is 2. The van der Waals surface area contributed by atoms with Crippen molar-refractivity contribution < 1.29 is 9.59 Å². The lowest BCUT2D eigenvalue weighted by atomic mass is 9.92. The van der Waals surface area contributed by atoms with Crippen LogP contribution in [0.15, 0.2) is 24.3 Å². The Bertz CT molecular complexity index is 993. The van der Waals surface area contributed by atoms with Crippen LogP contribution >= 0.6 is 0 Å². The summed E-state index contributed by atoms with van der Waals surface area (Å²) in [5.74, 6) is 0.601. The Labute approximate surface area is 198 Å². The Morgan fingerprint density at radius 1 is 1.00 bits per heavy atom. The van der Waals surface area contributed by atoms with Crippen LogP contribution in [-0.4, -0.2) is 39.7 Å². The third-order valence-corrected chi connectivity index (χ3v) is 5.35. The van der Waals surface area contributed by atoms with Gasteiger partial charge in [0.25, 0.3) is 0 Å². The minimum Gasteiger partial charge on any atom is -0.315 e. The van der Waals surface area contributed by atoms with Crippen LogP contribution in [0.2, 0.25) is 0 Å². The molecule has 0 aliphatic carbocycles. The summed E-state index contributed by atoms with van der Waals surface area (Å²) in [6.45, 7) is 20.9. The maximum absolute atomic E-state index is 13.0. The van der Waals surface area contributed by atoms with E-state index in [9.17, 15) is 9.59 Å². The van der Waals surface area contributed by atoms with Crippen molar-refractivity contribution in [2.45, 2.75) is 80.2 Å². The van der Waals surface area contributed by atoms with E-state index in [2.05, 4.69) is 31.4 Å². The number of nitrogens with zero attached hydrogens (tertiary/aromatic N) is 3. The number of urea groups is 1. The molecular weight excluding hydrogens is 414 g/mol. The Morgan fingerprint density at radius 2 is 1.64 bits per heavy atom. The van der Waals surface area contributed by atoms with Gasteiger partial charge in [-0.15, -0.1) is 0 Å². The Kier molecular flexibility index (Phi) is 7.99. The molecule has 0 aliphatic heterocycles. The molecule has 2 N–H and O–H groups in total. The van der Waals surface area contributed by atoms with Gasteiger partial charge in [-0.2, -0.15) is 5.10 Å². The van der Waals surface area contributed by atoms with E-state index < -0.39 is 0 Å². The summed E-state index contributed by atoms with van der Waals surface area (Å²) in [7, 11) is 0. The van der Waals surface area contributed by atoms with E-state index in [1.165, 1.54) is 0 Å². The van der Waals surface area contributed by atoms with E-state index in [0.29, 0.717) is 12.4 Å². The summed E-state index contributed by atoms with van der Waals surface area (Å²) in [5, 5.41) is 10.7. The second-order valence-electron chi connectivity index (χ2n) is 11.3. The van der Waals surface area contributed by atoms with Crippen LogP contribution in [0.3, 0.4) is 0 Å². The number of rotatable bonds is 6. The average molecular weight is 456 g/mol. The van der Waals surface area contributed by atoms with E-state index in [1.807, 2.05) is 77.4 Å². The van der Waals surface area contributed by atoms with Crippen molar-refractivity contribution in [3.8, 4) is 0 Å². The molecule has 0 atom stereocenters. The lowest BCUT2D eigenvalue weighted by Gasteiger charge is -2.26. The molecule has 182 valence electrons. The Balaban J connectivity index is 2.21.